The lowest BCUT2D eigenvalue weighted by Crippen LogP contribution is -2.09. The van der Waals surface area contributed by atoms with E-state index in [1.165, 1.54) is 10.4 Å². The van der Waals surface area contributed by atoms with Crippen LogP contribution in [0.4, 0.5) is 5.69 Å². The van der Waals surface area contributed by atoms with Crippen LogP contribution in [0.25, 0.3) is 0 Å². The molecule has 92 valence electrons. The van der Waals surface area contributed by atoms with Crippen LogP contribution in [-0.2, 0) is 0 Å². The van der Waals surface area contributed by atoms with Crippen LogP contribution in [0.5, 0.6) is 0 Å². The molecule has 2 nitrogen and oxygen atoms in total. The van der Waals surface area contributed by atoms with E-state index < -0.39 is 0 Å². The number of hydrogen-bond acceptors (Lipinski definition) is 3. The topological polar surface area (TPSA) is 35.8 Å². The highest BCUT2D eigenvalue weighted by Crippen LogP contribution is 2.28. The molecule has 18 heavy (non-hydrogen) atoms. The molecule has 3 heteroatoms. The summed E-state index contributed by atoms with van der Waals surface area (Å²) in [6.45, 7) is 4.23. The summed E-state index contributed by atoms with van der Waals surface area (Å²) in [7, 11) is 0. The minimum atomic E-state index is 0.317. The molecule has 0 saturated heterocycles. The van der Waals surface area contributed by atoms with Crippen LogP contribution < -0.4 is 5.32 Å². The molecule has 2 aromatic rings. The highest BCUT2D eigenvalue weighted by atomic mass is 32.1. The first-order valence-corrected chi connectivity index (χ1v) is 6.93. The van der Waals surface area contributed by atoms with E-state index >= 15 is 0 Å². The molecule has 0 radical (unpaired) electrons. The first kappa shape index (κ1) is 12.7. The van der Waals surface area contributed by atoms with Gasteiger partial charge in [-0.3, -0.25) is 0 Å². The molecule has 2 rings (SSSR count). The molecule has 1 unspecified atom stereocenters. The fourth-order valence-corrected chi connectivity index (χ4v) is 2.76. The SMILES string of the molecule is CCC(Nc1cc(C#N)ccc1C)c1cccs1. The Morgan fingerprint density at radius 1 is 1.39 bits per heavy atom. The van der Waals surface area contributed by atoms with Crippen molar-refractivity contribution in [1.29, 1.82) is 5.26 Å². The Morgan fingerprint density at radius 2 is 2.22 bits per heavy atom. The second kappa shape index (κ2) is 5.70. The number of rotatable bonds is 4. The number of benzene rings is 1. The number of hydrogen-bond donors (Lipinski definition) is 1. The van der Waals surface area contributed by atoms with Crippen LogP contribution >= 0.6 is 11.3 Å². The van der Waals surface area contributed by atoms with Crippen LogP contribution in [0.2, 0.25) is 0 Å². The van der Waals surface area contributed by atoms with Crippen molar-refractivity contribution in [2.24, 2.45) is 0 Å². The Kier molecular flexibility index (Phi) is 4.01. The van der Waals surface area contributed by atoms with Crippen LogP contribution in [0.15, 0.2) is 35.7 Å². The van der Waals surface area contributed by atoms with Gasteiger partial charge >= 0.3 is 0 Å². The highest BCUT2D eigenvalue weighted by molar-refractivity contribution is 7.10. The normalized spacial score (nSPS) is 11.8. The number of nitrogens with one attached hydrogen (secondary N) is 1. The summed E-state index contributed by atoms with van der Waals surface area (Å²) in [6, 6.07) is 12.5. The summed E-state index contributed by atoms with van der Waals surface area (Å²) < 4.78 is 0. The van der Waals surface area contributed by atoms with Gasteiger partial charge in [0.2, 0.25) is 0 Å². The Morgan fingerprint density at radius 3 is 2.83 bits per heavy atom. The zero-order chi connectivity index (χ0) is 13.0. The Labute approximate surface area is 112 Å². The van der Waals surface area contributed by atoms with Gasteiger partial charge in [-0.2, -0.15) is 5.26 Å². The summed E-state index contributed by atoms with van der Waals surface area (Å²) in [5.74, 6) is 0. The summed E-state index contributed by atoms with van der Waals surface area (Å²) in [4.78, 5) is 1.33. The summed E-state index contributed by atoms with van der Waals surface area (Å²) in [5, 5.41) is 14.6. The minimum Gasteiger partial charge on any atom is -0.377 e. The van der Waals surface area contributed by atoms with Crippen LogP contribution in [0.1, 0.15) is 35.4 Å². The molecule has 1 atom stereocenters. The smallest absolute Gasteiger partial charge is 0.0992 e. The predicted octanol–water partition coefficient (Wildman–Crippen LogP) is 4.49. The zero-order valence-corrected chi connectivity index (χ0v) is 11.4. The second-order valence-electron chi connectivity index (χ2n) is 4.26. The van der Waals surface area contributed by atoms with E-state index in [1.807, 2.05) is 18.2 Å². The third kappa shape index (κ3) is 2.72. The van der Waals surface area contributed by atoms with E-state index in [1.54, 1.807) is 11.3 Å². The molecule has 1 aromatic carbocycles. The molecule has 0 bridgehead atoms. The van der Waals surface area contributed by atoms with Gasteiger partial charge in [0.1, 0.15) is 0 Å². The first-order valence-electron chi connectivity index (χ1n) is 6.05. The Balaban J connectivity index is 2.25. The summed E-state index contributed by atoms with van der Waals surface area (Å²) in [5.41, 5.74) is 2.92. The van der Waals surface area contributed by atoms with E-state index in [-0.39, 0.29) is 0 Å². The van der Waals surface area contributed by atoms with E-state index in [2.05, 4.69) is 42.7 Å². The van der Waals surface area contributed by atoms with Crippen molar-refractivity contribution in [1.82, 2.24) is 0 Å². The van der Waals surface area contributed by atoms with Crippen LogP contribution in [0.3, 0.4) is 0 Å². The molecule has 0 fully saturated rings. The third-order valence-corrected chi connectivity index (χ3v) is 3.98. The van der Waals surface area contributed by atoms with Crippen LogP contribution in [0, 0.1) is 18.3 Å². The van der Waals surface area contributed by atoms with Gasteiger partial charge in [-0.1, -0.05) is 19.1 Å². The number of aryl methyl sites for hydroxylation is 1. The van der Waals surface area contributed by atoms with Crippen molar-refractivity contribution in [2.75, 3.05) is 5.32 Å². The third-order valence-electron chi connectivity index (χ3n) is 2.99. The van der Waals surface area contributed by atoms with Gasteiger partial charge in [0.05, 0.1) is 17.7 Å². The van der Waals surface area contributed by atoms with Gasteiger partial charge in [-0.05, 0) is 42.5 Å². The molecule has 1 heterocycles. The predicted molar refractivity (Wildman–Crippen MR) is 76.9 cm³/mol. The number of anilines is 1. The van der Waals surface area contributed by atoms with Crippen molar-refractivity contribution in [2.45, 2.75) is 26.3 Å². The molecule has 0 aliphatic rings. The van der Waals surface area contributed by atoms with Gasteiger partial charge in [0.25, 0.3) is 0 Å². The average Bonchev–Trinajstić information content (AvgIpc) is 2.91. The van der Waals surface area contributed by atoms with Gasteiger partial charge < -0.3 is 5.32 Å². The monoisotopic (exact) mass is 256 g/mol. The van der Waals surface area contributed by atoms with Crippen LogP contribution in [-0.4, -0.2) is 0 Å². The lowest BCUT2D eigenvalue weighted by molar-refractivity contribution is 0.763. The van der Waals surface area contributed by atoms with Crippen molar-refractivity contribution < 1.29 is 0 Å². The molecular formula is C15H16N2S. The fourth-order valence-electron chi connectivity index (χ4n) is 1.90. The Bertz CT molecular complexity index is 552. The second-order valence-corrected chi connectivity index (χ2v) is 5.24. The maximum Gasteiger partial charge on any atom is 0.0992 e. The zero-order valence-electron chi connectivity index (χ0n) is 10.6. The van der Waals surface area contributed by atoms with Gasteiger partial charge in [-0.25, -0.2) is 0 Å². The van der Waals surface area contributed by atoms with E-state index in [9.17, 15) is 0 Å². The molecular weight excluding hydrogens is 240 g/mol. The summed E-state index contributed by atoms with van der Waals surface area (Å²) in [6.07, 6.45) is 1.02. The molecule has 0 aliphatic carbocycles. The van der Waals surface area contributed by atoms with Gasteiger partial charge in [0.15, 0.2) is 0 Å². The molecule has 0 amide bonds. The lowest BCUT2D eigenvalue weighted by Gasteiger charge is -2.18. The van der Waals surface area contributed by atoms with Crippen molar-refractivity contribution in [3.8, 4) is 6.07 Å². The molecule has 0 spiro atoms. The fraction of sp³-hybridized carbons (Fsp3) is 0.267. The standard InChI is InChI=1S/C15H16N2S/c1-3-13(15-5-4-8-18-15)17-14-9-12(10-16)7-6-11(14)2/h4-9,13,17H,3H2,1-2H3. The molecule has 0 saturated carbocycles. The minimum absolute atomic E-state index is 0.317. The van der Waals surface area contributed by atoms with E-state index in [0.29, 0.717) is 11.6 Å². The highest BCUT2D eigenvalue weighted by Gasteiger charge is 2.11. The van der Waals surface area contributed by atoms with Crippen molar-refractivity contribution in [3.05, 3.63) is 51.7 Å². The van der Waals surface area contributed by atoms with E-state index in [0.717, 1.165) is 12.1 Å². The van der Waals surface area contributed by atoms with E-state index in [4.69, 9.17) is 5.26 Å². The largest absolute Gasteiger partial charge is 0.377 e. The average molecular weight is 256 g/mol. The lowest BCUT2D eigenvalue weighted by atomic mass is 10.1. The molecule has 0 aliphatic heterocycles. The maximum absolute atomic E-state index is 8.95. The number of nitriles is 1. The number of thiophene rings is 1. The van der Waals surface area contributed by atoms with Gasteiger partial charge in [0, 0.05) is 10.6 Å². The van der Waals surface area contributed by atoms with Crippen molar-refractivity contribution >= 4 is 17.0 Å². The first-order chi connectivity index (χ1) is 8.74. The molecule has 1 N–H and O–H groups in total. The van der Waals surface area contributed by atoms with Gasteiger partial charge in [-0.15, -0.1) is 11.3 Å². The Hall–Kier alpha value is -1.79. The van der Waals surface area contributed by atoms with Crippen molar-refractivity contribution in [3.63, 3.8) is 0 Å². The quantitative estimate of drug-likeness (QED) is 0.874. The number of nitrogens with zero attached hydrogens (tertiary/aromatic N) is 1. The maximum atomic E-state index is 8.95. The molecule has 1 aromatic heterocycles. The summed E-state index contributed by atoms with van der Waals surface area (Å²) >= 11 is 1.76.